The molecule has 0 aliphatic carbocycles. The minimum atomic E-state index is 0.0603. The van der Waals surface area contributed by atoms with Gasteiger partial charge in [-0.25, -0.2) is 0 Å². The third kappa shape index (κ3) is 2.14. The van der Waals surface area contributed by atoms with Crippen LogP contribution in [-0.2, 0) is 0 Å². The number of carbonyl (C=O) groups excluding carboxylic acids is 1. The fourth-order valence-electron chi connectivity index (χ4n) is 1.60. The van der Waals surface area contributed by atoms with Gasteiger partial charge in [0.1, 0.15) is 0 Å². The smallest absolute Gasteiger partial charge is 0.231 e. The van der Waals surface area contributed by atoms with Crippen LogP contribution < -0.4 is 9.47 Å². The van der Waals surface area contributed by atoms with Gasteiger partial charge in [-0.3, -0.25) is 4.79 Å². The van der Waals surface area contributed by atoms with Crippen molar-refractivity contribution in [1.82, 2.24) is 0 Å². The molecule has 0 N–H and O–H groups in total. The fraction of sp³-hybridized carbons (Fsp3) is 0.417. The van der Waals surface area contributed by atoms with Gasteiger partial charge in [0.2, 0.25) is 6.79 Å². The molecule has 1 aromatic rings. The van der Waals surface area contributed by atoms with Gasteiger partial charge in [-0.1, -0.05) is 24.9 Å². The lowest BCUT2D eigenvalue weighted by atomic mass is 10.1. The summed E-state index contributed by atoms with van der Waals surface area (Å²) in [6, 6.07) is 3.31. The van der Waals surface area contributed by atoms with Crippen LogP contribution in [0.5, 0.6) is 11.5 Å². The summed E-state index contributed by atoms with van der Waals surface area (Å²) in [5.41, 5.74) is 0.527. The Morgan fingerprint density at radius 1 is 1.38 bits per heavy atom. The van der Waals surface area contributed by atoms with Gasteiger partial charge in [-0.2, -0.15) is 0 Å². The Kier molecular flexibility index (Phi) is 3.34. The molecule has 0 spiro atoms. The maximum absolute atomic E-state index is 11.8. The van der Waals surface area contributed by atoms with Gasteiger partial charge in [-0.15, -0.1) is 0 Å². The molecular formula is C12H13ClO3. The Hall–Kier alpha value is -1.22. The first-order valence-electron chi connectivity index (χ1n) is 5.34. The van der Waals surface area contributed by atoms with Crippen LogP contribution in [-0.4, -0.2) is 12.6 Å². The number of hydrogen-bond acceptors (Lipinski definition) is 3. The Bertz CT molecular complexity index is 415. The van der Waals surface area contributed by atoms with E-state index in [-0.39, 0.29) is 12.6 Å². The summed E-state index contributed by atoms with van der Waals surface area (Å²) < 4.78 is 10.4. The molecule has 0 radical (unpaired) electrons. The van der Waals surface area contributed by atoms with Crippen LogP contribution in [0.1, 0.15) is 36.5 Å². The third-order valence-corrected chi connectivity index (χ3v) is 2.83. The van der Waals surface area contributed by atoms with Gasteiger partial charge < -0.3 is 9.47 Å². The zero-order valence-electron chi connectivity index (χ0n) is 9.09. The lowest BCUT2D eigenvalue weighted by molar-refractivity contribution is 0.0979. The van der Waals surface area contributed by atoms with Gasteiger partial charge in [-0.05, 0) is 12.5 Å². The van der Waals surface area contributed by atoms with E-state index in [4.69, 9.17) is 21.1 Å². The van der Waals surface area contributed by atoms with Crippen LogP contribution in [0.15, 0.2) is 12.1 Å². The first-order valence-corrected chi connectivity index (χ1v) is 5.72. The molecule has 0 unspecified atom stereocenters. The average Bonchev–Trinajstić information content (AvgIpc) is 2.71. The number of rotatable bonds is 4. The number of ketones is 1. The van der Waals surface area contributed by atoms with Gasteiger partial charge >= 0.3 is 0 Å². The highest BCUT2D eigenvalue weighted by Gasteiger charge is 2.19. The molecule has 1 heterocycles. The Labute approximate surface area is 99.3 Å². The first kappa shape index (κ1) is 11.3. The predicted molar refractivity (Wildman–Crippen MR) is 61.4 cm³/mol. The van der Waals surface area contributed by atoms with E-state index in [1.54, 1.807) is 12.1 Å². The summed E-state index contributed by atoms with van der Waals surface area (Å²) in [6.07, 6.45) is 2.40. The number of carbonyl (C=O) groups is 1. The number of ether oxygens (including phenoxy) is 2. The van der Waals surface area contributed by atoms with Crippen LogP contribution in [0.2, 0.25) is 5.02 Å². The molecule has 4 heteroatoms. The molecule has 2 rings (SSSR count). The van der Waals surface area contributed by atoms with Gasteiger partial charge in [0.25, 0.3) is 0 Å². The van der Waals surface area contributed by atoms with Crippen LogP contribution >= 0.6 is 11.6 Å². The molecule has 16 heavy (non-hydrogen) atoms. The molecule has 0 aromatic heterocycles. The quantitative estimate of drug-likeness (QED) is 0.757. The molecular weight excluding hydrogens is 228 g/mol. The van der Waals surface area contributed by atoms with E-state index in [1.165, 1.54) is 0 Å². The molecule has 0 bridgehead atoms. The van der Waals surface area contributed by atoms with Crippen molar-refractivity contribution in [3.05, 3.63) is 22.7 Å². The highest BCUT2D eigenvalue weighted by atomic mass is 35.5. The van der Waals surface area contributed by atoms with Crippen molar-refractivity contribution in [2.75, 3.05) is 6.79 Å². The van der Waals surface area contributed by atoms with Crippen LogP contribution in [0, 0.1) is 0 Å². The Morgan fingerprint density at radius 3 is 2.75 bits per heavy atom. The monoisotopic (exact) mass is 240 g/mol. The van der Waals surface area contributed by atoms with Crippen molar-refractivity contribution in [3.8, 4) is 11.5 Å². The summed E-state index contributed by atoms with van der Waals surface area (Å²) in [7, 11) is 0. The number of fused-ring (bicyclic) bond motifs is 1. The normalized spacial score (nSPS) is 12.9. The predicted octanol–water partition coefficient (Wildman–Crippen LogP) is 3.44. The molecule has 0 saturated carbocycles. The maximum atomic E-state index is 11.8. The van der Waals surface area contributed by atoms with Crippen molar-refractivity contribution >= 4 is 17.4 Å². The topological polar surface area (TPSA) is 35.5 Å². The molecule has 3 nitrogen and oxygen atoms in total. The van der Waals surface area contributed by atoms with Crippen LogP contribution in [0.3, 0.4) is 0 Å². The van der Waals surface area contributed by atoms with Crippen molar-refractivity contribution in [2.45, 2.75) is 26.2 Å². The summed E-state index contributed by atoms with van der Waals surface area (Å²) in [4.78, 5) is 11.8. The molecule has 0 saturated heterocycles. The second-order valence-corrected chi connectivity index (χ2v) is 4.12. The minimum Gasteiger partial charge on any atom is -0.454 e. The summed E-state index contributed by atoms with van der Waals surface area (Å²) in [5, 5.41) is 0.436. The van der Waals surface area contributed by atoms with E-state index in [9.17, 15) is 4.79 Å². The molecule has 0 amide bonds. The van der Waals surface area contributed by atoms with E-state index in [0.717, 1.165) is 12.8 Å². The molecule has 1 aliphatic rings. The van der Waals surface area contributed by atoms with Crippen molar-refractivity contribution < 1.29 is 14.3 Å². The van der Waals surface area contributed by atoms with Gasteiger partial charge in [0.05, 0.1) is 5.02 Å². The summed E-state index contributed by atoms with van der Waals surface area (Å²) in [5.74, 6) is 1.27. The number of unbranched alkanes of at least 4 members (excludes halogenated alkanes) is 1. The highest BCUT2D eigenvalue weighted by Crippen LogP contribution is 2.37. The number of benzene rings is 1. The standard InChI is InChI=1S/C12H13ClO3/c1-2-3-4-10(14)8-5-11-12(6-9(8)13)16-7-15-11/h5-6H,2-4,7H2,1H3. The Balaban J connectivity index is 2.24. The Morgan fingerprint density at radius 2 is 2.06 bits per heavy atom. The SMILES string of the molecule is CCCCC(=O)c1cc2c(cc1Cl)OCO2. The van der Waals surface area contributed by atoms with E-state index in [2.05, 4.69) is 6.92 Å². The van der Waals surface area contributed by atoms with E-state index >= 15 is 0 Å². The molecule has 0 fully saturated rings. The van der Waals surface area contributed by atoms with Crippen molar-refractivity contribution in [2.24, 2.45) is 0 Å². The van der Waals surface area contributed by atoms with Crippen LogP contribution in [0.4, 0.5) is 0 Å². The maximum Gasteiger partial charge on any atom is 0.231 e. The molecule has 1 aliphatic heterocycles. The fourth-order valence-corrected chi connectivity index (χ4v) is 1.86. The number of halogens is 1. The lowest BCUT2D eigenvalue weighted by Crippen LogP contribution is -1.99. The molecule has 0 atom stereocenters. The second kappa shape index (κ2) is 4.74. The first-order chi connectivity index (χ1) is 7.72. The minimum absolute atomic E-state index is 0.0603. The van der Waals surface area contributed by atoms with Gasteiger partial charge in [0.15, 0.2) is 17.3 Å². The highest BCUT2D eigenvalue weighted by molar-refractivity contribution is 6.34. The lowest BCUT2D eigenvalue weighted by Gasteiger charge is -2.04. The van der Waals surface area contributed by atoms with E-state index in [1.807, 2.05) is 0 Å². The average molecular weight is 241 g/mol. The second-order valence-electron chi connectivity index (χ2n) is 3.71. The number of Topliss-reactive ketones (excluding diaryl/α,β-unsaturated/α-hetero) is 1. The molecule has 86 valence electrons. The number of hydrogen-bond donors (Lipinski definition) is 0. The third-order valence-electron chi connectivity index (χ3n) is 2.52. The van der Waals surface area contributed by atoms with E-state index < -0.39 is 0 Å². The largest absolute Gasteiger partial charge is 0.454 e. The summed E-state index contributed by atoms with van der Waals surface area (Å²) >= 11 is 6.03. The molecule has 1 aromatic carbocycles. The van der Waals surface area contributed by atoms with Crippen molar-refractivity contribution in [3.63, 3.8) is 0 Å². The zero-order chi connectivity index (χ0) is 11.5. The van der Waals surface area contributed by atoms with E-state index in [0.29, 0.717) is 28.5 Å². The van der Waals surface area contributed by atoms with Crippen LogP contribution in [0.25, 0.3) is 0 Å². The van der Waals surface area contributed by atoms with Gasteiger partial charge in [0, 0.05) is 18.1 Å². The zero-order valence-corrected chi connectivity index (χ0v) is 9.84. The summed E-state index contributed by atoms with van der Waals surface area (Å²) in [6.45, 7) is 2.24. The van der Waals surface area contributed by atoms with Crippen molar-refractivity contribution in [1.29, 1.82) is 0 Å².